The van der Waals surface area contributed by atoms with Gasteiger partial charge >= 0.3 is 5.97 Å². The van der Waals surface area contributed by atoms with Gasteiger partial charge in [0.2, 0.25) is 0 Å². The normalized spacial score (nSPS) is 10.8. The molecule has 0 aliphatic carbocycles. The van der Waals surface area contributed by atoms with E-state index in [0.717, 1.165) is 22.8 Å². The Bertz CT molecular complexity index is 483. The number of carboxylic acid groups (broad SMARTS) is 1. The maximum absolute atomic E-state index is 11.4. The van der Waals surface area contributed by atoms with Gasteiger partial charge in [-0.3, -0.25) is 4.79 Å². The predicted molar refractivity (Wildman–Crippen MR) is 75.2 cm³/mol. The average molecular weight is 332 g/mol. The third kappa shape index (κ3) is 4.27. The maximum atomic E-state index is 11.4. The van der Waals surface area contributed by atoms with E-state index in [1.807, 2.05) is 6.07 Å². The van der Waals surface area contributed by atoms with Crippen LogP contribution in [0.2, 0.25) is 0 Å². The fraction of sp³-hybridized carbons (Fsp3) is 0.231. The second-order valence-electron chi connectivity index (χ2n) is 3.64. The number of ketones is 1. The van der Waals surface area contributed by atoms with E-state index < -0.39 is 5.97 Å². The van der Waals surface area contributed by atoms with E-state index in [1.165, 1.54) is 6.08 Å². The van der Waals surface area contributed by atoms with Crippen LogP contribution in [0.1, 0.15) is 16.7 Å². The van der Waals surface area contributed by atoms with Crippen molar-refractivity contribution >= 4 is 45.4 Å². The molecule has 0 aliphatic rings. The van der Waals surface area contributed by atoms with Crippen molar-refractivity contribution < 1.29 is 14.7 Å². The molecule has 0 fully saturated rings. The van der Waals surface area contributed by atoms with Gasteiger partial charge in [-0.1, -0.05) is 34.1 Å². The zero-order valence-corrected chi connectivity index (χ0v) is 11.9. The Kier molecular flexibility index (Phi) is 6.09. The van der Waals surface area contributed by atoms with Crippen LogP contribution in [0.5, 0.6) is 0 Å². The van der Waals surface area contributed by atoms with Crippen molar-refractivity contribution in [3.05, 3.63) is 41.0 Å². The van der Waals surface area contributed by atoms with Gasteiger partial charge in [0, 0.05) is 18.4 Å². The standard InChI is InChI=1S/C13H12BrClO3/c14-7-11(16)6-10-3-1-2-9(12(10)8-15)4-5-13(17)18/h1-5H,6-8H2,(H,17,18). The van der Waals surface area contributed by atoms with Gasteiger partial charge in [-0.25, -0.2) is 4.79 Å². The molecule has 18 heavy (non-hydrogen) atoms. The number of Topliss-reactive ketones (excluding diaryl/α,β-unsaturated/α-hetero) is 1. The van der Waals surface area contributed by atoms with Crippen LogP contribution in [0.4, 0.5) is 0 Å². The molecule has 0 saturated carbocycles. The summed E-state index contributed by atoms with van der Waals surface area (Å²) in [5.41, 5.74) is 2.36. The Morgan fingerprint density at radius 3 is 2.67 bits per heavy atom. The van der Waals surface area contributed by atoms with E-state index in [-0.39, 0.29) is 11.7 Å². The van der Waals surface area contributed by atoms with Crippen molar-refractivity contribution in [3.63, 3.8) is 0 Å². The zero-order valence-electron chi connectivity index (χ0n) is 9.53. The molecule has 1 rings (SSSR count). The quantitative estimate of drug-likeness (QED) is 0.644. The van der Waals surface area contributed by atoms with Crippen LogP contribution in [0, 0.1) is 0 Å². The summed E-state index contributed by atoms with van der Waals surface area (Å²) in [4.78, 5) is 21.9. The second-order valence-corrected chi connectivity index (χ2v) is 4.47. The minimum Gasteiger partial charge on any atom is -0.478 e. The predicted octanol–water partition coefficient (Wildman–Crippen LogP) is 3.03. The van der Waals surface area contributed by atoms with E-state index in [0.29, 0.717) is 11.8 Å². The van der Waals surface area contributed by atoms with Crippen LogP contribution in [0.25, 0.3) is 6.08 Å². The molecule has 0 bridgehead atoms. The fourth-order valence-electron chi connectivity index (χ4n) is 1.56. The van der Waals surface area contributed by atoms with Gasteiger partial charge in [0.15, 0.2) is 0 Å². The molecule has 0 radical (unpaired) electrons. The molecule has 0 amide bonds. The molecule has 0 heterocycles. The van der Waals surface area contributed by atoms with E-state index >= 15 is 0 Å². The van der Waals surface area contributed by atoms with Crippen LogP contribution in [-0.4, -0.2) is 22.2 Å². The summed E-state index contributed by atoms with van der Waals surface area (Å²) in [6, 6.07) is 5.39. The largest absolute Gasteiger partial charge is 0.478 e. The van der Waals surface area contributed by atoms with Crippen molar-refractivity contribution in [2.75, 3.05) is 5.33 Å². The summed E-state index contributed by atoms with van der Waals surface area (Å²) in [7, 11) is 0. The van der Waals surface area contributed by atoms with Gasteiger partial charge in [0.25, 0.3) is 0 Å². The van der Waals surface area contributed by atoms with Crippen LogP contribution < -0.4 is 0 Å². The first-order valence-electron chi connectivity index (χ1n) is 5.24. The molecule has 0 atom stereocenters. The number of halogens is 2. The SMILES string of the molecule is O=C(O)C=Cc1cccc(CC(=O)CBr)c1CCl. The highest BCUT2D eigenvalue weighted by atomic mass is 79.9. The molecule has 0 unspecified atom stereocenters. The Balaban J connectivity index is 3.09. The zero-order chi connectivity index (χ0) is 13.5. The maximum Gasteiger partial charge on any atom is 0.328 e. The lowest BCUT2D eigenvalue weighted by Crippen LogP contribution is -2.06. The van der Waals surface area contributed by atoms with Crippen molar-refractivity contribution in [2.45, 2.75) is 12.3 Å². The number of hydrogen-bond acceptors (Lipinski definition) is 2. The number of carbonyl (C=O) groups is 2. The van der Waals surface area contributed by atoms with Gasteiger partial charge in [0.05, 0.1) is 5.33 Å². The molecule has 1 aromatic carbocycles. The van der Waals surface area contributed by atoms with Gasteiger partial charge in [-0.15, -0.1) is 11.6 Å². The van der Waals surface area contributed by atoms with Gasteiger partial charge in [-0.2, -0.15) is 0 Å². The van der Waals surface area contributed by atoms with Gasteiger partial charge in [0.1, 0.15) is 5.78 Å². The molecular weight excluding hydrogens is 319 g/mol. The lowest BCUT2D eigenvalue weighted by Gasteiger charge is -2.09. The molecule has 0 saturated heterocycles. The Morgan fingerprint density at radius 1 is 1.39 bits per heavy atom. The van der Waals surface area contributed by atoms with Crippen LogP contribution in [0.3, 0.4) is 0 Å². The Hall–Kier alpha value is -1.13. The Labute approximate surface area is 119 Å². The van der Waals surface area contributed by atoms with Crippen LogP contribution >= 0.6 is 27.5 Å². The number of rotatable bonds is 6. The Morgan fingerprint density at radius 2 is 2.11 bits per heavy atom. The molecule has 96 valence electrons. The summed E-state index contributed by atoms with van der Waals surface area (Å²) in [5, 5.41) is 8.91. The monoisotopic (exact) mass is 330 g/mol. The average Bonchev–Trinajstić information content (AvgIpc) is 2.36. The van der Waals surface area contributed by atoms with E-state index in [1.54, 1.807) is 12.1 Å². The first kappa shape index (κ1) is 14.9. The van der Waals surface area contributed by atoms with Crippen molar-refractivity contribution in [1.29, 1.82) is 0 Å². The second kappa shape index (κ2) is 7.34. The summed E-state index contributed by atoms with van der Waals surface area (Å²) in [6.07, 6.45) is 2.84. The van der Waals surface area contributed by atoms with E-state index in [2.05, 4.69) is 15.9 Å². The number of carboxylic acids is 1. The van der Waals surface area contributed by atoms with E-state index in [4.69, 9.17) is 16.7 Å². The number of aliphatic carboxylic acids is 1. The number of benzene rings is 1. The summed E-state index contributed by atoms with van der Waals surface area (Å²) >= 11 is 8.99. The first-order valence-corrected chi connectivity index (χ1v) is 6.89. The topological polar surface area (TPSA) is 54.4 Å². The third-order valence-electron chi connectivity index (χ3n) is 2.39. The first-order chi connectivity index (χ1) is 8.58. The van der Waals surface area contributed by atoms with Crippen LogP contribution in [-0.2, 0) is 21.9 Å². The molecule has 1 N–H and O–H groups in total. The highest BCUT2D eigenvalue weighted by Crippen LogP contribution is 2.20. The number of carbonyl (C=O) groups excluding carboxylic acids is 1. The molecule has 0 aliphatic heterocycles. The third-order valence-corrected chi connectivity index (χ3v) is 3.28. The summed E-state index contributed by atoms with van der Waals surface area (Å²) in [5.74, 6) is -0.719. The molecule has 1 aromatic rings. The summed E-state index contributed by atoms with van der Waals surface area (Å²) < 4.78 is 0. The minimum atomic E-state index is -1.02. The van der Waals surface area contributed by atoms with Crippen LogP contribution in [0.15, 0.2) is 24.3 Å². The van der Waals surface area contributed by atoms with Gasteiger partial charge in [-0.05, 0) is 22.8 Å². The smallest absolute Gasteiger partial charge is 0.328 e. The van der Waals surface area contributed by atoms with Crippen molar-refractivity contribution in [2.24, 2.45) is 0 Å². The van der Waals surface area contributed by atoms with Crippen molar-refractivity contribution in [1.82, 2.24) is 0 Å². The van der Waals surface area contributed by atoms with Gasteiger partial charge < -0.3 is 5.11 Å². The molecular formula is C13H12BrClO3. The molecule has 0 aromatic heterocycles. The lowest BCUT2D eigenvalue weighted by atomic mass is 9.98. The fourth-order valence-corrected chi connectivity index (χ4v) is 2.08. The molecule has 3 nitrogen and oxygen atoms in total. The lowest BCUT2D eigenvalue weighted by molar-refractivity contribution is -0.131. The summed E-state index contributed by atoms with van der Waals surface area (Å²) in [6.45, 7) is 0. The highest BCUT2D eigenvalue weighted by molar-refractivity contribution is 9.09. The molecule has 5 heteroatoms. The number of alkyl halides is 2. The molecule has 0 spiro atoms. The minimum absolute atomic E-state index is 0.0562. The van der Waals surface area contributed by atoms with E-state index in [9.17, 15) is 9.59 Å². The van der Waals surface area contributed by atoms with Crippen molar-refractivity contribution in [3.8, 4) is 0 Å². The number of hydrogen-bond donors (Lipinski definition) is 1. The highest BCUT2D eigenvalue weighted by Gasteiger charge is 2.09.